The van der Waals surface area contributed by atoms with Gasteiger partial charge in [-0.2, -0.15) is 0 Å². The Kier molecular flexibility index (Phi) is 2.76. The SMILES string of the molecule is Ic1c2oc3ccccc3c2c(I)c2oc3ccccc3c12. The summed E-state index contributed by atoms with van der Waals surface area (Å²) in [5, 5.41) is 4.57. The smallest absolute Gasteiger partial charge is 0.150 e. The maximum absolute atomic E-state index is 6.14. The largest absolute Gasteiger partial charge is 0.455 e. The first kappa shape index (κ1) is 13.2. The maximum Gasteiger partial charge on any atom is 0.150 e. The van der Waals surface area contributed by atoms with Crippen molar-refractivity contribution in [2.45, 2.75) is 0 Å². The average Bonchev–Trinajstić information content (AvgIpc) is 3.12. The molecule has 0 unspecified atom stereocenters. The Bertz CT molecular complexity index is 1100. The summed E-state index contributed by atoms with van der Waals surface area (Å²) in [6, 6.07) is 16.3. The molecule has 0 N–H and O–H groups in total. The minimum atomic E-state index is 0.922. The lowest BCUT2D eigenvalue weighted by atomic mass is 10.1. The molecule has 2 nitrogen and oxygen atoms in total. The van der Waals surface area contributed by atoms with Gasteiger partial charge >= 0.3 is 0 Å². The predicted octanol–water partition coefficient (Wildman–Crippen LogP) is 6.69. The zero-order valence-corrected chi connectivity index (χ0v) is 15.5. The van der Waals surface area contributed by atoms with Crippen molar-refractivity contribution in [3.63, 3.8) is 0 Å². The summed E-state index contributed by atoms with van der Waals surface area (Å²) in [5.41, 5.74) is 3.74. The molecule has 2 heterocycles. The van der Waals surface area contributed by atoms with Gasteiger partial charge in [0.25, 0.3) is 0 Å². The molecule has 0 saturated heterocycles. The zero-order valence-electron chi connectivity index (χ0n) is 11.2. The first-order valence-electron chi connectivity index (χ1n) is 6.85. The topological polar surface area (TPSA) is 26.3 Å². The fourth-order valence-electron chi connectivity index (χ4n) is 3.06. The summed E-state index contributed by atoms with van der Waals surface area (Å²) in [6.45, 7) is 0. The minimum absolute atomic E-state index is 0.922. The highest BCUT2D eigenvalue weighted by molar-refractivity contribution is 14.1. The molecule has 4 heteroatoms. The van der Waals surface area contributed by atoms with E-state index in [0.29, 0.717) is 0 Å². The number of hydrogen-bond donors (Lipinski definition) is 0. The van der Waals surface area contributed by atoms with E-state index < -0.39 is 0 Å². The van der Waals surface area contributed by atoms with Gasteiger partial charge in [0.2, 0.25) is 0 Å². The second kappa shape index (κ2) is 4.61. The van der Waals surface area contributed by atoms with Gasteiger partial charge in [-0.3, -0.25) is 0 Å². The van der Waals surface area contributed by atoms with Gasteiger partial charge < -0.3 is 8.83 Å². The van der Waals surface area contributed by atoms with Gasteiger partial charge in [0.1, 0.15) is 11.2 Å². The Balaban J connectivity index is 2.15. The number of fused-ring (bicyclic) bond motifs is 6. The normalized spacial score (nSPS) is 12.1. The second-order valence-corrected chi connectivity index (χ2v) is 7.39. The number of furan rings is 2. The number of rotatable bonds is 0. The third-order valence-electron chi connectivity index (χ3n) is 4.03. The molecule has 0 atom stereocenters. The van der Waals surface area contributed by atoms with Crippen molar-refractivity contribution >= 4 is 89.1 Å². The Morgan fingerprint density at radius 1 is 0.591 bits per heavy atom. The van der Waals surface area contributed by atoms with Gasteiger partial charge in [-0.15, -0.1) is 0 Å². The van der Waals surface area contributed by atoms with Gasteiger partial charge in [0.05, 0.1) is 7.14 Å². The van der Waals surface area contributed by atoms with Crippen LogP contribution in [0.1, 0.15) is 0 Å². The summed E-state index contributed by atoms with van der Waals surface area (Å²) < 4.78 is 14.5. The first-order chi connectivity index (χ1) is 10.8. The average molecular weight is 510 g/mol. The van der Waals surface area contributed by atoms with Crippen molar-refractivity contribution in [1.29, 1.82) is 0 Å². The van der Waals surface area contributed by atoms with Crippen molar-refractivity contribution < 1.29 is 8.83 Å². The third kappa shape index (κ3) is 1.59. The summed E-state index contributed by atoms with van der Waals surface area (Å²) in [6.07, 6.45) is 0. The Morgan fingerprint density at radius 3 is 1.45 bits per heavy atom. The molecule has 0 spiro atoms. The van der Waals surface area contributed by atoms with E-state index >= 15 is 0 Å². The summed E-state index contributed by atoms with van der Waals surface area (Å²) in [5.74, 6) is 0. The molecule has 5 rings (SSSR count). The van der Waals surface area contributed by atoms with Crippen LogP contribution < -0.4 is 0 Å². The fraction of sp³-hybridized carbons (Fsp3) is 0. The van der Waals surface area contributed by atoms with Crippen LogP contribution in [0.3, 0.4) is 0 Å². The molecule has 106 valence electrons. The van der Waals surface area contributed by atoms with Crippen LogP contribution >= 0.6 is 45.2 Å². The lowest BCUT2D eigenvalue weighted by molar-refractivity contribution is 0.661. The van der Waals surface area contributed by atoms with Gasteiger partial charge in [0.15, 0.2) is 11.2 Å². The molecule has 5 aromatic rings. The highest BCUT2D eigenvalue weighted by Gasteiger charge is 2.21. The lowest BCUT2D eigenvalue weighted by Gasteiger charge is -2.00. The third-order valence-corrected chi connectivity index (χ3v) is 6.09. The quantitative estimate of drug-likeness (QED) is 0.217. The lowest BCUT2D eigenvalue weighted by Crippen LogP contribution is -1.81. The molecule has 0 saturated carbocycles. The van der Waals surface area contributed by atoms with Crippen LogP contribution in [-0.2, 0) is 0 Å². The summed E-state index contributed by atoms with van der Waals surface area (Å²) in [7, 11) is 0. The standard InChI is InChI=1S/C18H8I2O2/c19-15-13-9-5-1-3-7-11(9)21-17(13)16(20)14-10-6-2-4-8-12(10)22-18(14)15/h1-8H. The van der Waals surface area contributed by atoms with Gasteiger partial charge in [-0.1, -0.05) is 36.4 Å². The number of benzene rings is 3. The highest BCUT2D eigenvalue weighted by Crippen LogP contribution is 2.43. The van der Waals surface area contributed by atoms with Crippen LogP contribution in [0.5, 0.6) is 0 Å². The number of hydrogen-bond acceptors (Lipinski definition) is 2. The van der Waals surface area contributed by atoms with E-state index in [4.69, 9.17) is 8.83 Å². The Hall–Kier alpha value is -1.28. The van der Waals surface area contributed by atoms with Gasteiger partial charge in [0, 0.05) is 21.5 Å². The van der Waals surface area contributed by atoms with E-state index in [1.165, 1.54) is 0 Å². The molecule has 0 aliphatic carbocycles. The zero-order chi connectivity index (χ0) is 14.8. The first-order valence-corrected chi connectivity index (χ1v) is 9.01. The molecule has 0 amide bonds. The van der Waals surface area contributed by atoms with E-state index in [1.807, 2.05) is 36.4 Å². The van der Waals surface area contributed by atoms with Crippen LogP contribution in [0.15, 0.2) is 57.4 Å². The number of halogens is 2. The molecule has 2 aromatic heterocycles. The summed E-state index contributed by atoms with van der Waals surface area (Å²) >= 11 is 4.75. The van der Waals surface area contributed by atoms with E-state index in [9.17, 15) is 0 Å². The van der Waals surface area contributed by atoms with Crippen molar-refractivity contribution in [1.82, 2.24) is 0 Å². The Morgan fingerprint density at radius 2 is 1.00 bits per heavy atom. The second-order valence-electron chi connectivity index (χ2n) is 5.23. The van der Waals surface area contributed by atoms with Crippen LogP contribution in [0.25, 0.3) is 43.9 Å². The molecule has 0 fully saturated rings. The monoisotopic (exact) mass is 510 g/mol. The molecule has 3 aromatic carbocycles. The molecule has 0 aliphatic heterocycles. The number of para-hydroxylation sites is 2. The maximum atomic E-state index is 6.14. The fourth-order valence-corrected chi connectivity index (χ4v) is 4.89. The highest BCUT2D eigenvalue weighted by atomic mass is 127. The van der Waals surface area contributed by atoms with E-state index in [0.717, 1.165) is 51.0 Å². The Labute approximate surface area is 152 Å². The molecular weight excluding hydrogens is 502 g/mol. The van der Waals surface area contributed by atoms with Crippen LogP contribution in [-0.4, -0.2) is 0 Å². The van der Waals surface area contributed by atoms with Gasteiger partial charge in [-0.25, -0.2) is 0 Å². The summed E-state index contributed by atoms with van der Waals surface area (Å²) in [4.78, 5) is 0. The molecule has 22 heavy (non-hydrogen) atoms. The molecule has 0 aliphatic rings. The van der Waals surface area contributed by atoms with Crippen molar-refractivity contribution in [2.75, 3.05) is 0 Å². The van der Waals surface area contributed by atoms with Crippen LogP contribution in [0.2, 0.25) is 0 Å². The predicted molar refractivity (Wildman–Crippen MR) is 106 cm³/mol. The molecule has 0 radical (unpaired) electrons. The van der Waals surface area contributed by atoms with Crippen molar-refractivity contribution in [3.8, 4) is 0 Å². The molecular formula is C18H8I2O2. The van der Waals surface area contributed by atoms with Crippen molar-refractivity contribution in [3.05, 3.63) is 55.7 Å². The van der Waals surface area contributed by atoms with Crippen molar-refractivity contribution in [2.24, 2.45) is 0 Å². The van der Waals surface area contributed by atoms with Gasteiger partial charge in [-0.05, 0) is 57.3 Å². The van der Waals surface area contributed by atoms with Crippen LogP contribution in [0, 0.1) is 7.14 Å². The van der Waals surface area contributed by atoms with E-state index in [2.05, 4.69) is 57.3 Å². The van der Waals surface area contributed by atoms with E-state index in [1.54, 1.807) is 0 Å². The minimum Gasteiger partial charge on any atom is -0.455 e. The molecule has 0 bridgehead atoms. The van der Waals surface area contributed by atoms with E-state index in [-0.39, 0.29) is 0 Å². The van der Waals surface area contributed by atoms with Crippen LogP contribution in [0.4, 0.5) is 0 Å².